The van der Waals surface area contributed by atoms with Crippen molar-refractivity contribution < 1.29 is 27.6 Å². The number of hydrogen-bond acceptors (Lipinski definition) is 4. The zero-order valence-electron chi connectivity index (χ0n) is 17.5. The van der Waals surface area contributed by atoms with Crippen LogP contribution < -0.4 is 16.0 Å². The minimum Gasteiger partial charge on any atom is -0.349 e. The molecule has 1 aliphatic heterocycles. The van der Waals surface area contributed by atoms with Gasteiger partial charge in [-0.2, -0.15) is 18.3 Å². The van der Waals surface area contributed by atoms with Crippen LogP contribution in [0.1, 0.15) is 21.6 Å². The summed E-state index contributed by atoms with van der Waals surface area (Å²) < 4.78 is 40.2. The van der Waals surface area contributed by atoms with Gasteiger partial charge in [-0.25, -0.2) is 4.79 Å². The van der Waals surface area contributed by atoms with Crippen LogP contribution in [0.3, 0.4) is 0 Å². The molecule has 1 atom stereocenters. The Kier molecular flexibility index (Phi) is 5.82. The number of alkyl halides is 3. The molecule has 0 spiro atoms. The number of benzene rings is 2. The summed E-state index contributed by atoms with van der Waals surface area (Å²) >= 11 is 6.28. The van der Waals surface area contributed by atoms with Gasteiger partial charge < -0.3 is 10.6 Å². The molecular formula is C22H17ClF3N5O3. The molecule has 4 rings (SSSR count). The quantitative estimate of drug-likeness (QED) is 0.477. The van der Waals surface area contributed by atoms with Crippen molar-refractivity contribution in [3.63, 3.8) is 0 Å². The lowest BCUT2D eigenvalue weighted by Crippen LogP contribution is -2.53. The summed E-state index contributed by atoms with van der Waals surface area (Å²) in [5, 5.41) is 11.4. The molecule has 0 bridgehead atoms. The molecule has 1 unspecified atom stereocenters. The molecule has 1 aromatic heterocycles. The van der Waals surface area contributed by atoms with E-state index in [2.05, 4.69) is 21.0 Å². The fourth-order valence-electron chi connectivity index (χ4n) is 3.81. The topological polar surface area (TPSA) is 105 Å². The van der Waals surface area contributed by atoms with Gasteiger partial charge in [-0.05, 0) is 35.4 Å². The molecule has 3 N–H and O–H groups in total. The highest BCUT2D eigenvalue weighted by Gasteiger charge is 2.50. The van der Waals surface area contributed by atoms with Gasteiger partial charge in [-0.15, -0.1) is 0 Å². The number of rotatable bonds is 5. The lowest BCUT2D eigenvalue weighted by molar-refractivity contribution is -0.137. The van der Waals surface area contributed by atoms with Crippen LogP contribution in [-0.2, 0) is 23.6 Å². The van der Waals surface area contributed by atoms with Gasteiger partial charge in [0.1, 0.15) is 0 Å². The van der Waals surface area contributed by atoms with Gasteiger partial charge in [0.05, 0.1) is 28.4 Å². The Morgan fingerprint density at radius 3 is 2.41 bits per heavy atom. The molecule has 12 heteroatoms. The van der Waals surface area contributed by atoms with Crippen molar-refractivity contribution in [1.82, 2.24) is 25.7 Å². The van der Waals surface area contributed by atoms with Gasteiger partial charge >= 0.3 is 12.2 Å². The number of nitrogens with one attached hydrogen (secondary N) is 3. The van der Waals surface area contributed by atoms with E-state index in [-0.39, 0.29) is 17.1 Å². The number of amides is 4. The first-order valence-electron chi connectivity index (χ1n) is 9.89. The third kappa shape index (κ3) is 4.10. The maximum absolute atomic E-state index is 13.2. The highest BCUT2D eigenvalue weighted by Crippen LogP contribution is 2.34. The van der Waals surface area contributed by atoms with Crippen molar-refractivity contribution in [2.45, 2.75) is 11.7 Å². The average Bonchev–Trinajstić information content (AvgIpc) is 3.33. The first kappa shape index (κ1) is 23.3. The number of aromatic nitrogens is 2. The predicted molar refractivity (Wildman–Crippen MR) is 116 cm³/mol. The maximum atomic E-state index is 13.2. The lowest BCUT2D eigenvalue weighted by Gasteiger charge is -2.26. The number of carbonyl (C=O) groups is 3. The minimum atomic E-state index is -4.50. The van der Waals surface area contributed by atoms with E-state index in [0.29, 0.717) is 16.8 Å². The van der Waals surface area contributed by atoms with Crippen LogP contribution in [0.25, 0.3) is 11.1 Å². The number of hydrogen-bond donors (Lipinski definition) is 3. The lowest BCUT2D eigenvalue weighted by atomic mass is 9.94. The third-order valence-electron chi connectivity index (χ3n) is 5.48. The number of urea groups is 1. The second kappa shape index (κ2) is 8.49. The second-order valence-corrected chi connectivity index (χ2v) is 7.98. The number of imide groups is 1. The molecule has 4 amide bonds. The fraction of sp³-hybridized carbons (Fsp3) is 0.182. The Morgan fingerprint density at radius 2 is 1.85 bits per heavy atom. The molecule has 1 saturated heterocycles. The SMILES string of the molecule is Cn1nccc1C1(CNC(=O)c2c(Cl)cccc2-c2ccc(C(F)(F)F)cc2)NC(=O)NC1=O. The zero-order valence-corrected chi connectivity index (χ0v) is 18.3. The Hall–Kier alpha value is -3.86. The van der Waals surface area contributed by atoms with Crippen LogP contribution in [-0.4, -0.2) is 34.2 Å². The molecule has 0 radical (unpaired) electrons. The summed E-state index contributed by atoms with van der Waals surface area (Å²) in [7, 11) is 1.58. The van der Waals surface area contributed by atoms with Crippen molar-refractivity contribution in [3.05, 3.63) is 76.6 Å². The predicted octanol–water partition coefficient (Wildman–Crippen LogP) is 3.22. The Bertz CT molecular complexity index is 1290. The van der Waals surface area contributed by atoms with E-state index in [1.807, 2.05) is 0 Å². The zero-order chi connectivity index (χ0) is 24.7. The van der Waals surface area contributed by atoms with Crippen LogP contribution in [0.5, 0.6) is 0 Å². The van der Waals surface area contributed by atoms with Crippen molar-refractivity contribution in [3.8, 4) is 11.1 Å². The Labute approximate surface area is 196 Å². The maximum Gasteiger partial charge on any atom is 0.416 e. The first-order valence-corrected chi connectivity index (χ1v) is 10.3. The van der Waals surface area contributed by atoms with Crippen LogP contribution in [0.15, 0.2) is 54.7 Å². The van der Waals surface area contributed by atoms with Crippen LogP contribution in [0, 0.1) is 0 Å². The molecule has 176 valence electrons. The number of carbonyl (C=O) groups excluding carboxylic acids is 3. The van der Waals surface area contributed by atoms with Crippen molar-refractivity contribution in [2.75, 3.05) is 6.54 Å². The largest absolute Gasteiger partial charge is 0.416 e. The second-order valence-electron chi connectivity index (χ2n) is 7.57. The first-order chi connectivity index (χ1) is 16.0. The fourth-order valence-corrected chi connectivity index (χ4v) is 4.08. The normalized spacial score (nSPS) is 17.9. The van der Waals surface area contributed by atoms with E-state index in [9.17, 15) is 27.6 Å². The molecule has 1 aliphatic rings. The highest BCUT2D eigenvalue weighted by atomic mass is 35.5. The minimum absolute atomic E-state index is 0.00816. The van der Waals surface area contributed by atoms with Gasteiger partial charge in [0.25, 0.3) is 11.8 Å². The smallest absolute Gasteiger partial charge is 0.349 e. The van der Waals surface area contributed by atoms with Crippen LogP contribution in [0.4, 0.5) is 18.0 Å². The summed E-state index contributed by atoms with van der Waals surface area (Å²) in [5.41, 5.74) is -1.46. The summed E-state index contributed by atoms with van der Waals surface area (Å²) in [6.45, 7) is -0.333. The van der Waals surface area contributed by atoms with Crippen LogP contribution in [0.2, 0.25) is 5.02 Å². The van der Waals surface area contributed by atoms with Gasteiger partial charge in [-0.1, -0.05) is 35.9 Å². The molecule has 8 nitrogen and oxygen atoms in total. The van der Waals surface area contributed by atoms with E-state index in [1.54, 1.807) is 19.2 Å². The van der Waals surface area contributed by atoms with Gasteiger partial charge in [-0.3, -0.25) is 19.6 Å². The highest BCUT2D eigenvalue weighted by molar-refractivity contribution is 6.34. The molecule has 34 heavy (non-hydrogen) atoms. The van der Waals surface area contributed by atoms with Gasteiger partial charge in [0, 0.05) is 13.2 Å². The summed E-state index contributed by atoms with van der Waals surface area (Å²) in [6, 6.07) is 9.68. The molecule has 2 aromatic carbocycles. The van der Waals surface area contributed by atoms with Crippen molar-refractivity contribution in [1.29, 1.82) is 0 Å². The van der Waals surface area contributed by atoms with E-state index >= 15 is 0 Å². The Balaban J connectivity index is 1.66. The molecule has 1 fully saturated rings. The summed E-state index contributed by atoms with van der Waals surface area (Å²) in [6.07, 6.45) is -3.06. The summed E-state index contributed by atoms with van der Waals surface area (Å²) in [4.78, 5) is 37.7. The monoisotopic (exact) mass is 491 g/mol. The van der Waals surface area contributed by atoms with E-state index in [1.165, 1.54) is 35.1 Å². The van der Waals surface area contributed by atoms with Gasteiger partial charge in [0.15, 0.2) is 5.54 Å². The molecule has 3 aromatic rings. The van der Waals surface area contributed by atoms with Crippen LogP contribution >= 0.6 is 11.6 Å². The van der Waals surface area contributed by atoms with Gasteiger partial charge in [0.2, 0.25) is 0 Å². The average molecular weight is 492 g/mol. The van der Waals surface area contributed by atoms with Crippen molar-refractivity contribution in [2.24, 2.45) is 7.05 Å². The van der Waals surface area contributed by atoms with E-state index in [0.717, 1.165) is 12.1 Å². The number of nitrogens with zero attached hydrogens (tertiary/aromatic N) is 2. The standard InChI is InChI=1S/C22H17ClF3N5O3/c1-31-16(9-10-28-31)21(19(33)29-20(34)30-21)11-27-18(32)17-14(3-2-4-15(17)23)12-5-7-13(8-6-12)22(24,25)26/h2-10H,11H2,1H3,(H,27,32)(H2,29,30,33,34). The molecule has 0 saturated carbocycles. The summed E-state index contributed by atoms with van der Waals surface area (Å²) in [5.74, 6) is -1.36. The molecular weight excluding hydrogens is 475 g/mol. The molecule has 2 heterocycles. The van der Waals surface area contributed by atoms with E-state index < -0.39 is 35.1 Å². The van der Waals surface area contributed by atoms with Crippen molar-refractivity contribution >= 4 is 29.4 Å². The third-order valence-corrected chi connectivity index (χ3v) is 5.79. The number of aryl methyl sites for hydroxylation is 1. The van der Waals surface area contributed by atoms with E-state index in [4.69, 9.17) is 11.6 Å². The molecule has 0 aliphatic carbocycles. The number of halogens is 4. The Morgan fingerprint density at radius 1 is 1.15 bits per heavy atom.